The molecular formula is C38H60N7O9P. The summed E-state index contributed by atoms with van der Waals surface area (Å²) in [6.45, 7) is 3.31. The van der Waals surface area contributed by atoms with Crippen LogP contribution in [-0.2, 0) is 28.7 Å². The Labute approximate surface area is 324 Å². The number of nitrogens with two attached hydrogens (primary N) is 1. The molecule has 1 saturated heterocycles. The Morgan fingerprint density at radius 3 is 2.16 bits per heavy atom. The Kier molecular flexibility index (Phi) is 18.7. The number of phosphoric ester groups is 1. The minimum atomic E-state index is -4.72. The van der Waals surface area contributed by atoms with Gasteiger partial charge in [0.2, 0.25) is 5.88 Å². The molecule has 3 aromatic rings. The predicted octanol–water partition coefficient (Wildman–Crippen LogP) is 6.17. The zero-order valence-electron chi connectivity index (χ0n) is 32.3. The number of aromatic nitrogens is 5. The number of nitrogens with zero attached hydrogens (tertiary/aromatic N) is 6. The monoisotopic (exact) mass is 789 g/mol. The molecule has 16 nitrogen and oxygen atoms in total. The van der Waals surface area contributed by atoms with E-state index in [-0.39, 0.29) is 24.0 Å². The van der Waals surface area contributed by atoms with Gasteiger partial charge in [0.15, 0.2) is 11.5 Å². The number of phosphoric acid groups is 1. The molecule has 0 amide bonds. The topological polar surface area (TPSA) is 230 Å². The zero-order chi connectivity index (χ0) is 39.5. The van der Waals surface area contributed by atoms with Gasteiger partial charge in [0.05, 0.1) is 25.5 Å². The largest absolute Gasteiger partial charge is 0.472 e. The van der Waals surface area contributed by atoms with E-state index in [2.05, 4.69) is 27.2 Å². The summed E-state index contributed by atoms with van der Waals surface area (Å²) in [5, 5.41) is 42.6. The second-order valence-corrected chi connectivity index (χ2v) is 15.9. The van der Waals surface area contributed by atoms with Crippen molar-refractivity contribution in [3.63, 3.8) is 0 Å². The summed E-state index contributed by atoms with van der Waals surface area (Å²) in [7, 11) is -4.72. The fraction of sp³-hybridized carbons (Fsp3) is 0.711. The molecule has 1 fully saturated rings. The van der Waals surface area contributed by atoms with Gasteiger partial charge in [0, 0.05) is 12.7 Å². The molecule has 5 N–H and O–H groups in total. The van der Waals surface area contributed by atoms with E-state index in [4.69, 9.17) is 34.3 Å². The number of nitrogen functional groups attached to an aromatic ring is 1. The molecule has 0 spiro atoms. The Bertz CT molecular complexity index is 1640. The van der Waals surface area contributed by atoms with E-state index in [1.54, 1.807) is 19.1 Å². The van der Waals surface area contributed by atoms with Gasteiger partial charge >= 0.3 is 7.82 Å². The van der Waals surface area contributed by atoms with Gasteiger partial charge in [-0.2, -0.15) is 10.4 Å². The number of hydrogen-bond donors (Lipinski definition) is 4. The van der Waals surface area contributed by atoms with Crippen LogP contribution in [0.2, 0.25) is 0 Å². The number of anilines is 1. The van der Waals surface area contributed by atoms with Gasteiger partial charge in [0.1, 0.15) is 47.9 Å². The third kappa shape index (κ3) is 14.0. The maximum absolute atomic E-state index is 13.0. The molecule has 4 rings (SSSR count). The molecule has 0 radical (unpaired) electrons. The van der Waals surface area contributed by atoms with Gasteiger partial charge in [0.25, 0.3) is 0 Å². The van der Waals surface area contributed by atoms with Gasteiger partial charge in [-0.1, -0.05) is 103 Å². The maximum atomic E-state index is 13.0. The maximum Gasteiger partial charge on any atom is 0.472 e. The first-order valence-corrected chi connectivity index (χ1v) is 21.3. The SMILES string of the molecule is CCCCCCCCCCCCCCCCCCOC[C@H](COP(=O)(O)OC[C@H]1O[C@@](C)(c2ccc3c(N)ncnn23)[C@H](O)[C@@H]1O)Oc1ccc(C#N)nn1. The van der Waals surface area contributed by atoms with E-state index >= 15 is 0 Å². The van der Waals surface area contributed by atoms with Crippen LogP contribution in [-0.4, -0.2) is 90.7 Å². The fourth-order valence-corrected chi connectivity index (χ4v) is 7.50. The Morgan fingerprint density at radius 1 is 0.927 bits per heavy atom. The van der Waals surface area contributed by atoms with Crippen LogP contribution in [0.25, 0.3) is 5.52 Å². The first-order chi connectivity index (χ1) is 26.6. The van der Waals surface area contributed by atoms with Crippen molar-refractivity contribution in [1.29, 1.82) is 5.26 Å². The summed E-state index contributed by atoms with van der Waals surface area (Å²) < 4.78 is 42.5. The quantitative estimate of drug-likeness (QED) is 0.0476. The van der Waals surface area contributed by atoms with Crippen molar-refractivity contribution in [2.75, 3.05) is 32.2 Å². The normalized spacial score (nSPS) is 21.4. The first-order valence-electron chi connectivity index (χ1n) is 19.8. The highest BCUT2D eigenvalue weighted by molar-refractivity contribution is 7.47. The molecule has 55 heavy (non-hydrogen) atoms. The third-order valence-corrected chi connectivity index (χ3v) is 10.9. The van der Waals surface area contributed by atoms with Gasteiger partial charge in [-0.3, -0.25) is 9.05 Å². The average Bonchev–Trinajstić information content (AvgIpc) is 3.72. The second-order valence-electron chi connectivity index (χ2n) is 14.4. The van der Waals surface area contributed by atoms with E-state index < -0.39 is 51.1 Å². The predicted molar refractivity (Wildman–Crippen MR) is 205 cm³/mol. The Hall–Kier alpha value is -3.26. The van der Waals surface area contributed by atoms with Crippen molar-refractivity contribution in [2.45, 2.75) is 147 Å². The number of unbranched alkanes of at least 4 members (excludes halogenated alkanes) is 15. The highest BCUT2D eigenvalue weighted by Crippen LogP contribution is 2.46. The number of ether oxygens (including phenoxy) is 3. The molecule has 1 aliphatic rings. The minimum absolute atomic E-state index is 0.0226. The van der Waals surface area contributed by atoms with Crippen molar-refractivity contribution >= 4 is 19.2 Å². The molecule has 4 heterocycles. The number of nitriles is 1. The Balaban J connectivity index is 1.16. The number of aliphatic hydroxyl groups is 2. The first kappa shape index (κ1) is 44.5. The average molecular weight is 790 g/mol. The van der Waals surface area contributed by atoms with Crippen LogP contribution in [0.4, 0.5) is 5.82 Å². The van der Waals surface area contributed by atoms with Crippen molar-refractivity contribution in [3.8, 4) is 11.9 Å². The number of rotatable bonds is 28. The van der Waals surface area contributed by atoms with Crippen LogP contribution < -0.4 is 10.5 Å². The molecule has 0 saturated carbocycles. The summed E-state index contributed by atoms with van der Waals surface area (Å²) in [6, 6.07) is 8.08. The minimum Gasteiger partial charge on any atom is -0.468 e. The molecule has 17 heteroatoms. The molecule has 3 aromatic heterocycles. The molecule has 1 unspecified atom stereocenters. The van der Waals surface area contributed by atoms with E-state index in [0.717, 1.165) is 19.3 Å². The highest BCUT2D eigenvalue weighted by atomic mass is 31.2. The van der Waals surface area contributed by atoms with E-state index in [1.807, 2.05) is 6.07 Å². The van der Waals surface area contributed by atoms with Crippen molar-refractivity contribution in [2.24, 2.45) is 0 Å². The van der Waals surface area contributed by atoms with Crippen LogP contribution in [0.15, 0.2) is 30.6 Å². The number of fused-ring (bicyclic) bond motifs is 1. The second kappa shape index (κ2) is 23.1. The molecule has 0 bridgehead atoms. The lowest BCUT2D eigenvalue weighted by Gasteiger charge is -2.27. The highest BCUT2D eigenvalue weighted by Gasteiger charge is 2.54. The number of aliphatic hydroxyl groups excluding tert-OH is 2. The summed E-state index contributed by atoms with van der Waals surface area (Å²) >= 11 is 0. The Morgan fingerprint density at radius 2 is 1.56 bits per heavy atom. The fourth-order valence-electron chi connectivity index (χ4n) is 6.73. The third-order valence-electron chi connectivity index (χ3n) is 9.97. The van der Waals surface area contributed by atoms with Crippen LogP contribution in [0.3, 0.4) is 0 Å². The summed E-state index contributed by atoms with van der Waals surface area (Å²) in [4.78, 5) is 14.5. The van der Waals surface area contributed by atoms with Crippen molar-refractivity contribution in [1.82, 2.24) is 24.8 Å². The van der Waals surface area contributed by atoms with E-state index in [9.17, 15) is 19.7 Å². The lowest BCUT2D eigenvalue weighted by molar-refractivity contribution is -0.0892. The molecule has 0 aromatic carbocycles. The molecule has 1 aliphatic heterocycles. The van der Waals surface area contributed by atoms with Crippen molar-refractivity contribution in [3.05, 3.63) is 42.0 Å². The van der Waals surface area contributed by atoms with Gasteiger partial charge in [-0.25, -0.2) is 14.1 Å². The van der Waals surface area contributed by atoms with Crippen LogP contribution in [0.1, 0.15) is 128 Å². The number of hydrogen-bond acceptors (Lipinski definition) is 14. The van der Waals surface area contributed by atoms with Crippen LogP contribution in [0, 0.1) is 11.3 Å². The van der Waals surface area contributed by atoms with Crippen LogP contribution >= 0.6 is 7.82 Å². The van der Waals surface area contributed by atoms with Crippen LogP contribution in [0.5, 0.6) is 5.88 Å². The molecule has 0 aliphatic carbocycles. The van der Waals surface area contributed by atoms with Gasteiger partial charge in [-0.15, -0.1) is 10.2 Å². The summed E-state index contributed by atoms with van der Waals surface area (Å²) in [6.07, 6.45) is 16.6. The lowest BCUT2D eigenvalue weighted by atomic mass is 9.93. The summed E-state index contributed by atoms with van der Waals surface area (Å²) in [5.41, 5.74) is 5.45. The zero-order valence-corrected chi connectivity index (χ0v) is 33.2. The van der Waals surface area contributed by atoms with Crippen molar-refractivity contribution < 1.29 is 42.9 Å². The molecular weight excluding hydrogens is 729 g/mol. The van der Waals surface area contributed by atoms with Gasteiger partial charge in [-0.05, 0) is 31.5 Å². The summed E-state index contributed by atoms with van der Waals surface area (Å²) in [5.74, 6) is 0.295. The van der Waals surface area contributed by atoms with E-state index in [0.29, 0.717) is 17.8 Å². The van der Waals surface area contributed by atoms with Gasteiger partial charge < -0.3 is 35.1 Å². The smallest absolute Gasteiger partial charge is 0.468 e. The molecule has 6 atom stereocenters. The van der Waals surface area contributed by atoms with E-state index in [1.165, 1.54) is 106 Å². The standard InChI is InChI=1S/C38H60N7O9P/c1-3-4-5-6-7-8-9-10-11-12-13-14-15-16-17-18-23-50-25-30(53-34-22-19-29(24-39)43-44-34)26-51-55(48,49)52-27-32-35(46)36(47)38(2,54-32)33-21-20-31-37(40)41-28-42-45(31)33/h19-22,28,30,32,35-36,46-47H,3-18,23,25-27H2,1-2H3,(H,48,49)(H2,40,41,42)/t30-,32-,35-,36-,38+/m1/s1. The lowest BCUT2D eigenvalue weighted by Crippen LogP contribution is -2.39. The molecule has 306 valence electrons.